The van der Waals surface area contributed by atoms with E-state index < -0.39 is 37.8 Å². The van der Waals surface area contributed by atoms with Gasteiger partial charge in [-0.2, -0.15) is 9.90 Å². The molecule has 1 aliphatic heterocycles. The Kier molecular flexibility index (Phi) is 20.8. The number of carbonyl (C=O) groups is 1. The van der Waals surface area contributed by atoms with E-state index >= 15 is 8.78 Å². The van der Waals surface area contributed by atoms with Gasteiger partial charge < -0.3 is 23.5 Å². The zero-order valence-corrected chi connectivity index (χ0v) is 46.4. The van der Waals surface area contributed by atoms with Gasteiger partial charge in [-0.05, 0) is 58.9 Å². The minimum Gasteiger partial charge on any atom is -0.813 e. The van der Waals surface area contributed by atoms with Crippen LogP contribution in [0.4, 0.5) is 23.8 Å². The molecule has 1 saturated heterocycles. The van der Waals surface area contributed by atoms with Crippen molar-refractivity contribution in [1.82, 2.24) is 25.3 Å². The van der Waals surface area contributed by atoms with Crippen molar-refractivity contribution in [3.63, 3.8) is 0 Å². The molecule has 17 heteroatoms. The molecule has 0 aliphatic carbocycles. The number of ether oxygens (including phenoxy) is 2. The summed E-state index contributed by atoms with van der Waals surface area (Å²) in [5, 5.41) is 5.66. The Hall–Kier alpha value is -2.91. The van der Waals surface area contributed by atoms with E-state index in [1.165, 1.54) is 17.3 Å². The van der Waals surface area contributed by atoms with E-state index in [4.69, 9.17) is 18.9 Å². The number of carbonyl (C=O) groups excluding carboxylic acids is 1. The number of halogens is 3. The Morgan fingerprint density at radius 1 is 1.08 bits per heavy atom. The minimum atomic E-state index is -2.50. The molecule has 0 bridgehead atoms. The van der Waals surface area contributed by atoms with Crippen molar-refractivity contribution < 1.29 is 31.9 Å². The number of hydrogen-bond acceptors (Lipinski definition) is 10. The molecule has 1 fully saturated rings. The van der Waals surface area contributed by atoms with Gasteiger partial charge >= 0.3 is 256 Å². The van der Waals surface area contributed by atoms with Crippen LogP contribution in [0.2, 0.25) is 16.6 Å². The second-order valence-electron chi connectivity index (χ2n) is 18.0. The van der Waals surface area contributed by atoms with Gasteiger partial charge in [-0.1, -0.05) is 19.8 Å². The average molecular weight is 1120 g/mol. The third-order valence-electron chi connectivity index (χ3n) is 11.4. The fourth-order valence-electron chi connectivity index (χ4n) is 8.62. The monoisotopic (exact) mass is 1120 g/mol. The molecule has 2 aromatic heterocycles. The Morgan fingerprint density at radius 3 is 2.41 bits per heavy atom. The molecule has 0 radical (unpaired) electrons. The summed E-state index contributed by atoms with van der Waals surface area (Å²) in [5.74, 6) is 2.14. The van der Waals surface area contributed by atoms with Crippen LogP contribution in [-0.2, 0) is 18.2 Å². The molecule has 2 aromatic carbocycles. The van der Waals surface area contributed by atoms with Crippen LogP contribution >= 0.6 is 9.90 Å². The van der Waals surface area contributed by atoms with Gasteiger partial charge in [0.1, 0.15) is 11.8 Å². The van der Waals surface area contributed by atoms with Crippen LogP contribution in [0.1, 0.15) is 113 Å². The number of alkyl halides is 1. The van der Waals surface area contributed by atoms with Gasteiger partial charge in [-0.15, -0.1) is 0 Å². The zero-order chi connectivity index (χ0) is 44.6. The van der Waals surface area contributed by atoms with Crippen molar-refractivity contribution in [2.75, 3.05) is 31.7 Å². The Labute approximate surface area is 399 Å². The van der Waals surface area contributed by atoms with Gasteiger partial charge in [0.2, 0.25) is 0 Å². The number of nitrogens with zero attached hydrogens (tertiary/aromatic N) is 4. The van der Waals surface area contributed by atoms with Gasteiger partial charge in [-0.25, -0.2) is 9.18 Å². The number of pyridine rings is 1. The standard InChI is InChI=1S/C46H62F3N6O4Si.H3P.H2S.Tl/c1-12-14-15-21-55(45(56)58-46(9,10)11)54-43-37-26-51-41(40(49)42(37)52-44(53-43)57-27-31-17-16-20-50-25-33(47)22-31)36-24-34(59-60(28(3)4,29(5)6)30(7)8)23-32-18-19-38(48)35(13-2)39(32)36;;;/h18-19,23-24,26,28-31,33,50H,12,14-17,20-22,25,27H2,1,3-11H3,(H,52,53,54);1H3;1H2;/p-1/t31-,33-;;;/m1.../s1. The third-order valence-corrected chi connectivity index (χ3v) is 17.9. The largest absolute Gasteiger partial charge is 0.813 e. The maximum atomic E-state index is 17.7. The number of amides is 1. The quantitative estimate of drug-likeness (QED) is 0.0227. The van der Waals surface area contributed by atoms with Gasteiger partial charge in [0.05, 0.1) is 0 Å². The normalized spacial score (nSPS) is 15.8. The van der Waals surface area contributed by atoms with E-state index in [0.29, 0.717) is 41.5 Å². The predicted octanol–water partition coefficient (Wildman–Crippen LogP) is 10.8. The van der Waals surface area contributed by atoms with Crippen molar-refractivity contribution in [2.24, 2.45) is 5.92 Å². The number of nitrogens with one attached hydrogen (secondary N) is 2. The van der Waals surface area contributed by atoms with Gasteiger partial charge in [0, 0.05) is 13.1 Å². The van der Waals surface area contributed by atoms with Crippen molar-refractivity contribution in [3.8, 4) is 32.4 Å². The molecule has 1 unspecified atom stereocenters. The molecule has 2 N–H and O–H groups in total. The van der Waals surface area contributed by atoms with Crippen LogP contribution < -0.4 is 19.9 Å². The molecule has 1 amide bonds. The van der Waals surface area contributed by atoms with Gasteiger partial charge in [0.15, 0.2) is 0 Å². The molecule has 344 valence electrons. The number of rotatable bonds is 15. The molecule has 3 heterocycles. The number of aromatic nitrogens is 3. The Morgan fingerprint density at radius 2 is 1.78 bits per heavy atom. The fourth-order valence-corrected chi connectivity index (χ4v) is 14.4. The smallest absolute Gasteiger partial charge is 0.429 e. The van der Waals surface area contributed by atoms with E-state index in [1.54, 1.807) is 32.9 Å². The topological polar surface area (TPSA) is 111 Å². The first-order valence-corrected chi connectivity index (χ1v) is 26.1. The van der Waals surface area contributed by atoms with E-state index in [2.05, 4.69) is 78.6 Å². The van der Waals surface area contributed by atoms with Crippen LogP contribution in [0.25, 0.3) is 32.9 Å². The molecule has 0 saturated carbocycles. The first-order chi connectivity index (χ1) is 28.9. The molecular weight excluding hydrogens is 1050 g/mol. The van der Waals surface area contributed by atoms with Crippen LogP contribution in [-0.4, -0.2) is 98.2 Å². The predicted molar refractivity (Wildman–Crippen MR) is 261 cm³/mol. The SMILES string of the molecule is CCCCCN(Nc1nc(OC[C@@H]2CCCNC[C@H](F)C2)nc2c(F)c(-c3cc(O[Si](C(C)C)(C(C)C)C(C)C)cc4ccc(F)c(C#[C][Tl])c34)ncc12)C(=O)OC(C)(C)C.P.[SH-]. The van der Waals surface area contributed by atoms with Crippen molar-refractivity contribution in [1.29, 1.82) is 0 Å². The summed E-state index contributed by atoms with van der Waals surface area (Å²) in [6, 6.07) is 6.53. The fraction of sp³-hybridized carbons (Fsp3) is 0.565. The number of anilines is 1. The molecule has 1 aliphatic rings. The Balaban J connectivity index is 0.00000528. The number of thiol groups is 1. The first-order valence-electron chi connectivity index (χ1n) is 21.7. The minimum absolute atomic E-state index is 0. The van der Waals surface area contributed by atoms with E-state index in [-0.39, 0.29) is 125 Å². The Bertz CT molecular complexity index is 2220. The second-order valence-corrected chi connectivity index (χ2v) is 24.5. The average Bonchev–Trinajstić information content (AvgIpc) is 3.17. The number of hydrazine groups is 1. The molecule has 3 atom stereocenters. The number of unbranched alkanes of at least 4 members (excludes halogenated alkanes) is 2. The second kappa shape index (κ2) is 24.0. The summed E-state index contributed by atoms with van der Waals surface area (Å²) in [7, 11) is -2.50. The van der Waals surface area contributed by atoms with Gasteiger partial charge in [-0.3, -0.25) is 0 Å². The third kappa shape index (κ3) is 13.4. The molecule has 4 aromatic rings. The van der Waals surface area contributed by atoms with Crippen LogP contribution in [0, 0.1) is 27.0 Å². The molecule has 10 nitrogen and oxygen atoms in total. The van der Waals surface area contributed by atoms with E-state index in [0.717, 1.165) is 25.7 Å². The maximum absolute atomic E-state index is 17.7. The molecule has 63 heavy (non-hydrogen) atoms. The summed E-state index contributed by atoms with van der Waals surface area (Å²) in [6.07, 6.45) is 4.06. The molecular formula is C46H66F3N6O4PSSiTl-. The van der Waals surface area contributed by atoms with Crippen molar-refractivity contribution in [3.05, 3.63) is 47.7 Å². The van der Waals surface area contributed by atoms with Crippen molar-refractivity contribution in [2.45, 2.75) is 136 Å². The summed E-state index contributed by atoms with van der Waals surface area (Å²) >= 11 is 0.272. The summed E-state index contributed by atoms with van der Waals surface area (Å²) in [4.78, 5) is 27.6. The molecule has 5 rings (SSSR count). The number of benzene rings is 2. The number of fused-ring (bicyclic) bond motifs is 2. The van der Waals surface area contributed by atoms with E-state index in [1.807, 2.05) is 6.07 Å². The van der Waals surface area contributed by atoms with Crippen LogP contribution in [0.15, 0.2) is 30.5 Å². The first kappa shape index (κ1) is 54.4. The maximum Gasteiger partial charge on any atom is 0.429 e. The van der Waals surface area contributed by atoms with Crippen molar-refractivity contribution >= 4 is 91.1 Å². The van der Waals surface area contributed by atoms with E-state index in [9.17, 15) is 9.18 Å². The summed E-state index contributed by atoms with van der Waals surface area (Å²) < 4.78 is 70.2. The van der Waals surface area contributed by atoms with Crippen LogP contribution in [0.5, 0.6) is 11.8 Å². The van der Waals surface area contributed by atoms with Gasteiger partial charge in [0.25, 0.3) is 0 Å². The molecule has 0 spiro atoms. The van der Waals surface area contributed by atoms with Crippen LogP contribution in [0.3, 0.4) is 0 Å². The number of hydrogen-bond donors (Lipinski definition) is 2. The zero-order valence-electron chi connectivity index (χ0n) is 38.6. The summed E-state index contributed by atoms with van der Waals surface area (Å²) in [6.45, 7) is 21.9. The summed E-state index contributed by atoms with van der Waals surface area (Å²) in [5.41, 5.74) is 3.29.